The lowest BCUT2D eigenvalue weighted by Gasteiger charge is -2.14. The third-order valence-corrected chi connectivity index (χ3v) is 9.07. The molecule has 0 saturated heterocycles. The number of esters is 2. The van der Waals surface area contributed by atoms with Crippen LogP contribution in [-0.4, -0.2) is 30.9 Å². The van der Waals surface area contributed by atoms with Crippen LogP contribution in [0.1, 0.15) is 185 Å². The molecule has 0 aliphatic heterocycles. The van der Waals surface area contributed by atoms with Gasteiger partial charge in [-0.25, -0.2) is 0 Å². The summed E-state index contributed by atoms with van der Waals surface area (Å²) in [4.78, 5) is 27.1. The van der Waals surface area contributed by atoms with Gasteiger partial charge in [0.1, 0.15) is 13.2 Å². The summed E-state index contributed by atoms with van der Waals surface area (Å²) < 4.78 is 11.3. The van der Waals surface area contributed by atoms with Crippen molar-refractivity contribution in [3.8, 4) is 0 Å². The fourth-order valence-corrected chi connectivity index (χ4v) is 6.10. The molecule has 0 unspecified atom stereocenters. The number of unbranched alkanes of at least 4 members (excludes halogenated alkanes) is 16. The van der Waals surface area contributed by atoms with Crippen LogP contribution in [0.3, 0.4) is 0 Å². The van der Waals surface area contributed by atoms with Gasteiger partial charge in [-0.2, -0.15) is 0 Å². The minimum absolute atomic E-state index is 0.144. The molecule has 0 amide bonds. The molecule has 0 aliphatic rings. The number of carbonyl (C=O) groups excluding carboxylic acids is 2. The van der Waals surface area contributed by atoms with Crippen LogP contribution in [0.15, 0.2) is 66.8 Å². The highest BCUT2D eigenvalue weighted by atomic mass is 16.5. The molecule has 294 valence electrons. The second-order valence-corrected chi connectivity index (χ2v) is 14.7. The molecule has 0 atom stereocenters. The van der Waals surface area contributed by atoms with E-state index in [9.17, 15) is 9.59 Å². The lowest BCUT2D eigenvalue weighted by atomic mass is 10.1. The number of nitrogens with zero attached hydrogens (tertiary/aromatic N) is 1. The average Bonchev–Trinajstić information content (AvgIpc) is 3.12. The molecule has 0 bridgehead atoms. The van der Waals surface area contributed by atoms with Crippen LogP contribution in [0.4, 0.5) is 0 Å². The first-order chi connectivity index (χ1) is 25.4. The predicted molar refractivity (Wildman–Crippen MR) is 222 cm³/mol. The highest BCUT2D eigenvalue weighted by molar-refractivity contribution is 5.69. The molecule has 0 spiro atoms. The van der Waals surface area contributed by atoms with Crippen molar-refractivity contribution in [1.82, 2.24) is 4.90 Å². The largest absolute Gasteiger partial charge is 0.461 e. The Morgan fingerprint density at radius 2 is 0.827 bits per heavy atom. The molecule has 0 saturated carbocycles. The van der Waals surface area contributed by atoms with Crippen LogP contribution in [0.5, 0.6) is 0 Å². The molecule has 0 N–H and O–H groups in total. The van der Waals surface area contributed by atoms with Gasteiger partial charge in [-0.3, -0.25) is 9.59 Å². The van der Waals surface area contributed by atoms with Crippen LogP contribution in [-0.2, 0) is 38.8 Å². The zero-order valence-electron chi connectivity index (χ0n) is 34.0. The Balaban J connectivity index is 2.22. The third-order valence-electron chi connectivity index (χ3n) is 9.07. The normalized spacial score (nSPS) is 12.0. The Morgan fingerprint density at radius 3 is 1.21 bits per heavy atom. The fourth-order valence-electron chi connectivity index (χ4n) is 6.10. The van der Waals surface area contributed by atoms with Gasteiger partial charge in [0.25, 0.3) is 0 Å². The van der Waals surface area contributed by atoms with E-state index in [1.807, 2.05) is 20.2 Å². The number of allylic oxidation sites excluding steroid dienone is 8. The Labute approximate surface area is 320 Å². The van der Waals surface area contributed by atoms with Crippen molar-refractivity contribution >= 4 is 11.9 Å². The fraction of sp³-hybridized carbons (Fsp3) is 0.660. The van der Waals surface area contributed by atoms with Gasteiger partial charge in [0.15, 0.2) is 0 Å². The Hall–Kier alpha value is -2.92. The molecule has 1 aromatic rings. The summed E-state index contributed by atoms with van der Waals surface area (Å²) in [5, 5.41) is 0. The van der Waals surface area contributed by atoms with Gasteiger partial charge in [-0.1, -0.05) is 139 Å². The van der Waals surface area contributed by atoms with Gasteiger partial charge in [0.2, 0.25) is 0 Å². The molecule has 0 fully saturated rings. The van der Waals surface area contributed by atoms with Gasteiger partial charge in [-0.15, -0.1) is 0 Å². The van der Waals surface area contributed by atoms with E-state index in [0.717, 1.165) is 87.4 Å². The van der Waals surface area contributed by atoms with Crippen LogP contribution in [0.25, 0.3) is 0 Å². The van der Waals surface area contributed by atoms with Crippen molar-refractivity contribution in [2.75, 3.05) is 14.1 Å². The minimum Gasteiger partial charge on any atom is -0.461 e. The summed E-state index contributed by atoms with van der Waals surface area (Å²) in [5.74, 6) is -0.289. The van der Waals surface area contributed by atoms with Crippen LogP contribution >= 0.6 is 0 Å². The van der Waals surface area contributed by atoms with Crippen LogP contribution in [0.2, 0.25) is 0 Å². The molecule has 0 aliphatic carbocycles. The second kappa shape index (κ2) is 35.1. The standard InChI is InChI=1S/C47H77NO4/c1-5-7-9-11-13-15-17-19-21-23-25-27-29-31-33-35-46(49)51-41-44-37-43(40-48(3)4)38-45(39-44)42-52-47(50)36-34-32-30-28-26-24-22-20-18-16-14-12-10-8-6-2/h13-16,19-22,37-39H,5-12,17-18,23-36,40-42H2,1-4H3/b15-13-,16-14-,21-19-,22-20-. The van der Waals surface area contributed by atoms with Crippen molar-refractivity contribution in [1.29, 1.82) is 0 Å². The van der Waals surface area contributed by atoms with Gasteiger partial charge >= 0.3 is 11.9 Å². The topological polar surface area (TPSA) is 55.8 Å². The summed E-state index contributed by atoms with van der Waals surface area (Å²) in [6.45, 7) is 5.74. The predicted octanol–water partition coefficient (Wildman–Crippen LogP) is 13.5. The van der Waals surface area contributed by atoms with Crippen molar-refractivity contribution in [3.05, 3.63) is 83.5 Å². The number of ether oxygens (including phenoxy) is 2. The van der Waals surface area contributed by atoms with Crippen LogP contribution < -0.4 is 0 Å². The van der Waals surface area contributed by atoms with E-state index in [2.05, 4.69) is 79.5 Å². The molecule has 5 heteroatoms. The number of carbonyl (C=O) groups is 2. The lowest BCUT2D eigenvalue weighted by molar-refractivity contribution is -0.145. The number of rotatable bonds is 34. The maximum absolute atomic E-state index is 12.5. The van der Waals surface area contributed by atoms with Crippen molar-refractivity contribution in [3.63, 3.8) is 0 Å². The highest BCUT2D eigenvalue weighted by Gasteiger charge is 2.09. The molecule has 0 aromatic heterocycles. The number of hydrogen-bond acceptors (Lipinski definition) is 5. The van der Waals surface area contributed by atoms with E-state index in [4.69, 9.17) is 9.47 Å². The number of hydrogen-bond donors (Lipinski definition) is 0. The Morgan fingerprint density at radius 1 is 0.481 bits per heavy atom. The van der Waals surface area contributed by atoms with Crippen molar-refractivity contribution in [2.45, 2.75) is 188 Å². The van der Waals surface area contributed by atoms with E-state index < -0.39 is 0 Å². The zero-order valence-corrected chi connectivity index (χ0v) is 34.0. The highest BCUT2D eigenvalue weighted by Crippen LogP contribution is 2.17. The van der Waals surface area contributed by atoms with E-state index in [-0.39, 0.29) is 25.2 Å². The molecule has 0 heterocycles. The first kappa shape index (κ1) is 47.1. The van der Waals surface area contributed by atoms with E-state index in [1.54, 1.807) is 0 Å². The Bertz CT molecular complexity index is 1050. The van der Waals surface area contributed by atoms with Gasteiger partial charge in [0.05, 0.1) is 0 Å². The maximum Gasteiger partial charge on any atom is 0.306 e. The summed E-state index contributed by atoms with van der Waals surface area (Å²) in [7, 11) is 4.06. The Kier molecular flexibility index (Phi) is 31.8. The lowest BCUT2D eigenvalue weighted by Crippen LogP contribution is -2.12. The van der Waals surface area contributed by atoms with E-state index in [0.29, 0.717) is 12.8 Å². The molecule has 52 heavy (non-hydrogen) atoms. The molecule has 1 rings (SSSR count). The van der Waals surface area contributed by atoms with Gasteiger partial charge in [-0.05, 0) is 114 Å². The molecule has 1 aromatic carbocycles. The van der Waals surface area contributed by atoms with Gasteiger partial charge in [0, 0.05) is 19.4 Å². The smallest absolute Gasteiger partial charge is 0.306 e. The molecular formula is C47H77NO4. The zero-order chi connectivity index (χ0) is 37.7. The monoisotopic (exact) mass is 720 g/mol. The summed E-state index contributed by atoms with van der Waals surface area (Å²) in [5.41, 5.74) is 2.99. The van der Waals surface area contributed by atoms with Crippen molar-refractivity contribution in [2.24, 2.45) is 0 Å². The minimum atomic E-state index is -0.144. The van der Waals surface area contributed by atoms with E-state index in [1.165, 1.54) is 77.0 Å². The van der Waals surface area contributed by atoms with Gasteiger partial charge < -0.3 is 14.4 Å². The first-order valence-electron chi connectivity index (χ1n) is 21.1. The average molecular weight is 720 g/mol. The maximum atomic E-state index is 12.5. The first-order valence-corrected chi connectivity index (χ1v) is 21.1. The summed E-state index contributed by atoms with van der Waals surface area (Å²) >= 11 is 0. The summed E-state index contributed by atoms with van der Waals surface area (Å²) in [6.07, 6.45) is 44.8. The third kappa shape index (κ3) is 30.7. The van der Waals surface area contributed by atoms with Crippen molar-refractivity contribution < 1.29 is 19.1 Å². The quantitative estimate of drug-likeness (QED) is 0.0403. The van der Waals surface area contributed by atoms with E-state index >= 15 is 0 Å². The number of benzene rings is 1. The molecular weight excluding hydrogens is 643 g/mol. The molecule has 0 radical (unpaired) electrons. The SMILES string of the molecule is CCCCC/C=C\C/C=C\CCCCCCCC(=O)OCc1cc(COC(=O)CCCCCCC/C=C\C/C=C\CCCCC)cc(CN(C)C)c1. The summed E-state index contributed by atoms with van der Waals surface area (Å²) in [6, 6.07) is 6.16. The molecule has 5 nitrogen and oxygen atoms in total. The van der Waals surface area contributed by atoms with Crippen LogP contribution in [0, 0.1) is 0 Å². The second-order valence-electron chi connectivity index (χ2n) is 14.7.